The Kier molecular flexibility index (Phi) is 4.38. The van der Waals surface area contributed by atoms with Crippen LogP contribution < -0.4 is 5.32 Å². The minimum absolute atomic E-state index is 0.0561. The van der Waals surface area contributed by atoms with E-state index in [1.807, 2.05) is 0 Å². The van der Waals surface area contributed by atoms with E-state index in [0.717, 1.165) is 12.8 Å². The molecule has 0 aliphatic carbocycles. The Hall–Kier alpha value is -2.05. The first kappa shape index (κ1) is 13.4. The Bertz CT molecular complexity index is 432. The number of rotatable bonds is 4. The van der Waals surface area contributed by atoms with Gasteiger partial charge in [0.25, 0.3) is 0 Å². The molecule has 0 radical (unpaired) electrons. The van der Waals surface area contributed by atoms with Crippen molar-refractivity contribution in [1.82, 2.24) is 20.2 Å². The Morgan fingerprint density at radius 1 is 1.58 bits per heavy atom. The van der Waals surface area contributed by atoms with Crippen LogP contribution in [-0.2, 0) is 11.3 Å². The average molecular weight is 266 g/mol. The van der Waals surface area contributed by atoms with Gasteiger partial charge in [-0.3, -0.25) is 4.79 Å². The third-order valence-electron chi connectivity index (χ3n) is 3.23. The van der Waals surface area contributed by atoms with Gasteiger partial charge in [-0.1, -0.05) is 0 Å². The normalized spacial score (nSPS) is 19.2. The molecule has 3 N–H and O–H groups in total. The van der Waals surface area contributed by atoms with Crippen LogP contribution >= 0.6 is 0 Å². The van der Waals surface area contributed by atoms with Crippen LogP contribution in [0.2, 0.25) is 0 Å². The number of urea groups is 1. The van der Waals surface area contributed by atoms with Crippen LogP contribution in [0.3, 0.4) is 0 Å². The van der Waals surface area contributed by atoms with E-state index >= 15 is 0 Å². The Morgan fingerprint density at radius 2 is 2.42 bits per heavy atom. The van der Waals surface area contributed by atoms with Gasteiger partial charge >= 0.3 is 12.0 Å². The van der Waals surface area contributed by atoms with Gasteiger partial charge in [0.05, 0.1) is 6.54 Å². The number of carbonyl (C=O) groups is 2. The zero-order chi connectivity index (χ0) is 13.7. The topological polar surface area (TPSA) is 98.3 Å². The van der Waals surface area contributed by atoms with Crippen molar-refractivity contribution < 1.29 is 14.7 Å². The van der Waals surface area contributed by atoms with Gasteiger partial charge in [0.2, 0.25) is 0 Å². The number of aliphatic carboxylic acids is 1. The molecule has 104 valence electrons. The molecular weight excluding hydrogens is 248 g/mol. The van der Waals surface area contributed by atoms with E-state index < -0.39 is 5.97 Å². The second-order valence-corrected chi connectivity index (χ2v) is 4.75. The number of piperidine rings is 1. The molecular formula is C12H18N4O3. The Balaban J connectivity index is 1.79. The summed E-state index contributed by atoms with van der Waals surface area (Å²) in [5, 5.41) is 11.6. The van der Waals surface area contributed by atoms with Gasteiger partial charge in [-0.2, -0.15) is 0 Å². The first-order valence-corrected chi connectivity index (χ1v) is 6.38. The summed E-state index contributed by atoms with van der Waals surface area (Å²) in [6, 6.07) is -0.161. The summed E-state index contributed by atoms with van der Waals surface area (Å²) in [7, 11) is 0. The lowest BCUT2D eigenvalue weighted by Crippen LogP contribution is -2.45. The summed E-state index contributed by atoms with van der Waals surface area (Å²) >= 11 is 0. The smallest absolute Gasteiger partial charge is 0.317 e. The monoisotopic (exact) mass is 266 g/mol. The summed E-state index contributed by atoms with van der Waals surface area (Å²) in [5.74, 6) is -0.0455. The molecule has 2 rings (SSSR count). The summed E-state index contributed by atoms with van der Waals surface area (Å²) in [6.07, 6.45) is 5.18. The molecule has 0 saturated carbocycles. The standard InChI is InChI=1S/C12H18N4O3/c17-11(18)6-9-2-1-5-16(8-9)12(19)15-7-10-13-3-4-14-10/h3-4,9H,1-2,5-8H2,(H,13,14)(H,15,19)(H,17,18). The van der Waals surface area contributed by atoms with E-state index in [0.29, 0.717) is 25.5 Å². The number of carbonyl (C=O) groups excluding carboxylic acids is 1. The molecule has 1 aromatic heterocycles. The van der Waals surface area contributed by atoms with E-state index in [2.05, 4.69) is 15.3 Å². The van der Waals surface area contributed by atoms with Gasteiger partial charge in [0.1, 0.15) is 5.82 Å². The Morgan fingerprint density at radius 3 is 3.11 bits per heavy atom. The molecule has 0 aromatic carbocycles. The first-order valence-electron chi connectivity index (χ1n) is 6.38. The van der Waals surface area contributed by atoms with Crippen molar-refractivity contribution in [2.75, 3.05) is 13.1 Å². The molecule has 2 heterocycles. The van der Waals surface area contributed by atoms with Crippen LogP contribution in [0.4, 0.5) is 4.79 Å². The van der Waals surface area contributed by atoms with Crippen LogP contribution in [-0.4, -0.2) is 45.1 Å². The number of nitrogens with one attached hydrogen (secondary N) is 2. The minimum atomic E-state index is -0.803. The van der Waals surface area contributed by atoms with Crippen LogP contribution in [0.25, 0.3) is 0 Å². The fourth-order valence-electron chi connectivity index (χ4n) is 2.33. The molecule has 1 saturated heterocycles. The third-order valence-corrected chi connectivity index (χ3v) is 3.23. The highest BCUT2D eigenvalue weighted by atomic mass is 16.4. The molecule has 1 atom stereocenters. The number of aromatic amines is 1. The lowest BCUT2D eigenvalue weighted by Gasteiger charge is -2.32. The zero-order valence-corrected chi connectivity index (χ0v) is 10.6. The second-order valence-electron chi connectivity index (χ2n) is 4.75. The van der Waals surface area contributed by atoms with Crippen LogP contribution in [0.15, 0.2) is 12.4 Å². The minimum Gasteiger partial charge on any atom is -0.481 e. The van der Waals surface area contributed by atoms with Crippen LogP contribution in [0.1, 0.15) is 25.1 Å². The van der Waals surface area contributed by atoms with E-state index in [1.54, 1.807) is 17.3 Å². The lowest BCUT2D eigenvalue weighted by atomic mass is 9.95. The quantitative estimate of drug-likeness (QED) is 0.751. The summed E-state index contributed by atoms with van der Waals surface area (Å²) in [5.41, 5.74) is 0. The van der Waals surface area contributed by atoms with Gasteiger partial charge < -0.3 is 20.3 Å². The van der Waals surface area contributed by atoms with E-state index in [4.69, 9.17) is 5.11 Å². The number of hydrogen-bond acceptors (Lipinski definition) is 3. The maximum Gasteiger partial charge on any atom is 0.317 e. The molecule has 1 aliphatic rings. The van der Waals surface area contributed by atoms with Crippen molar-refractivity contribution in [3.8, 4) is 0 Å². The number of H-pyrrole nitrogens is 1. The van der Waals surface area contributed by atoms with E-state index in [-0.39, 0.29) is 18.4 Å². The molecule has 2 amide bonds. The SMILES string of the molecule is O=C(O)CC1CCCN(C(=O)NCc2ncc[nH]2)C1. The van der Waals surface area contributed by atoms with Gasteiger partial charge in [-0.05, 0) is 18.8 Å². The van der Waals surface area contributed by atoms with Crippen LogP contribution in [0, 0.1) is 5.92 Å². The zero-order valence-electron chi connectivity index (χ0n) is 10.6. The number of hydrogen-bond donors (Lipinski definition) is 3. The molecule has 1 aromatic rings. The highest BCUT2D eigenvalue weighted by Crippen LogP contribution is 2.19. The van der Waals surface area contributed by atoms with Gasteiger partial charge in [0.15, 0.2) is 0 Å². The summed E-state index contributed by atoms with van der Waals surface area (Å²) in [6.45, 7) is 1.54. The number of nitrogens with zero attached hydrogens (tertiary/aromatic N) is 2. The number of likely N-dealkylation sites (tertiary alicyclic amines) is 1. The third kappa shape index (κ3) is 3.97. The summed E-state index contributed by atoms with van der Waals surface area (Å²) < 4.78 is 0. The van der Waals surface area contributed by atoms with Gasteiger partial charge in [-0.25, -0.2) is 9.78 Å². The fourth-order valence-corrected chi connectivity index (χ4v) is 2.33. The van der Waals surface area contributed by atoms with Crippen molar-refractivity contribution in [3.63, 3.8) is 0 Å². The number of carboxylic acids is 1. The largest absolute Gasteiger partial charge is 0.481 e. The lowest BCUT2D eigenvalue weighted by molar-refractivity contribution is -0.138. The second kappa shape index (κ2) is 6.21. The molecule has 0 bridgehead atoms. The van der Waals surface area contributed by atoms with Gasteiger partial charge in [-0.15, -0.1) is 0 Å². The molecule has 7 heteroatoms. The fraction of sp³-hybridized carbons (Fsp3) is 0.583. The number of carboxylic acid groups (broad SMARTS) is 1. The van der Waals surface area contributed by atoms with Gasteiger partial charge in [0, 0.05) is 31.9 Å². The van der Waals surface area contributed by atoms with Crippen molar-refractivity contribution in [2.45, 2.75) is 25.8 Å². The molecule has 19 heavy (non-hydrogen) atoms. The number of aromatic nitrogens is 2. The van der Waals surface area contributed by atoms with Crippen molar-refractivity contribution >= 4 is 12.0 Å². The van der Waals surface area contributed by atoms with E-state index in [1.165, 1.54) is 0 Å². The Labute approximate surface area is 111 Å². The highest BCUT2D eigenvalue weighted by molar-refractivity contribution is 5.74. The average Bonchev–Trinajstić information content (AvgIpc) is 2.88. The summed E-state index contributed by atoms with van der Waals surface area (Å²) in [4.78, 5) is 31.3. The predicted octanol–water partition coefficient (Wildman–Crippen LogP) is 0.806. The van der Waals surface area contributed by atoms with Crippen molar-refractivity contribution in [3.05, 3.63) is 18.2 Å². The molecule has 1 aliphatic heterocycles. The first-order chi connectivity index (χ1) is 9.15. The number of amides is 2. The van der Waals surface area contributed by atoms with Crippen LogP contribution in [0.5, 0.6) is 0 Å². The van der Waals surface area contributed by atoms with E-state index in [9.17, 15) is 9.59 Å². The predicted molar refractivity (Wildman–Crippen MR) is 67.4 cm³/mol. The van der Waals surface area contributed by atoms with Crippen molar-refractivity contribution in [1.29, 1.82) is 0 Å². The number of imidazole rings is 1. The molecule has 7 nitrogen and oxygen atoms in total. The maximum absolute atomic E-state index is 12.0. The maximum atomic E-state index is 12.0. The molecule has 0 spiro atoms. The molecule has 1 unspecified atom stereocenters. The van der Waals surface area contributed by atoms with Crippen molar-refractivity contribution in [2.24, 2.45) is 5.92 Å². The molecule has 1 fully saturated rings. The highest BCUT2D eigenvalue weighted by Gasteiger charge is 2.25.